The summed E-state index contributed by atoms with van der Waals surface area (Å²) in [6.07, 6.45) is 6.98. The Hall–Kier alpha value is -5.99. The van der Waals surface area contributed by atoms with Crippen molar-refractivity contribution in [1.29, 1.82) is 0 Å². The van der Waals surface area contributed by atoms with Gasteiger partial charge in [-0.15, -0.1) is 0 Å². The van der Waals surface area contributed by atoms with E-state index in [-0.39, 0.29) is 0 Å². The summed E-state index contributed by atoms with van der Waals surface area (Å²) in [6, 6.07) is 56.6. The summed E-state index contributed by atoms with van der Waals surface area (Å²) in [5, 5.41) is 5.16. The SMILES string of the molecule is C1=c2c(-c3ccc(-c4ccccc4)cc3)c3ccc(-c4nc5ccccc5n4-c4ccccc4)cc3c(-c3ccccc3)c2=CCC1. The molecule has 2 nitrogen and oxygen atoms in total. The molecule has 9 rings (SSSR count). The number of imidazole rings is 1. The summed E-state index contributed by atoms with van der Waals surface area (Å²) >= 11 is 0. The van der Waals surface area contributed by atoms with Crippen LogP contribution in [0.5, 0.6) is 0 Å². The molecule has 7 aromatic carbocycles. The summed E-state index contributed by atoms with van der Waals surface area (Å²) in [4.78, 5) is 5.22. The highest BCUT2D eigenvalue weighted by atomic mass is 15.1. The smallest absolute Gasteiger partial charge is 0.145 e. The first-order chi connectivity index (χ1) is 23.3. The van der Waals surface area contributed by atoms with Crippen LogP contribution in [0.15, 0.2) is 158 Å². The quantitative estimate of drug-likeness (QED) is 0.192. The average molecular weight is 601 g/mol. The zero-order valence-electron chi connectivity index (χ0n) is 26.0. The summed E-state index contributed by atoms with van der Waals surface area (Å²) in [5.41, 5.74) is 11.8. The van der Waals surface area contributed by atoms with Crippen LogP contribution in [0.3, 0.4) is 0 Å². The Morgan fingerprint density at radius 2 is 0.936 bits per heavy atom. The van der Waals surface area contributed by atoms with Crippen LogP contribution < -0.4 is 10.4 Å². The number of benzene rings is 7. The van der Waals surface area contributed by atoms with Crippen molar-refractivity contribution in [2.24, 2.45) is 0 Å². The van der Waals surface area contributed by atoms with Gasteiger partial charge in [-0.25, -0.2) is 4.98 Å². The van der Waals surface area contributed by atoms with Crippen molar-refractivity contribution in [2.75, 3.05) is 0 Å². The van der Waals surface area contributed by atoms with E-state index in [4.69, 9.17) is 4.98 Å². The molecular weight excluding hydrogens is 569 g/mol. The fraction of sp³-hybridized carbons (Fsp3) is 0.0444. The normalized spacial score (nSPS) is 12.4. The molecule has 0 N–H and O–H groups in total. The van der Waals surface area contributed by atoms with Crippen LogP contribution >= 0.6 is 0 Å². The molecule has 8 aromatic rings. The Morgan fingerprint density at radius 1 is 0.426 bits per heavy atom. The predicted octanol–water partition coefficient (Wildman–Crippen LogP) is 10.2. The number of rotatable bonds is 5. The summed E-state index contributed by atoms with van der Waals surface area (Å²) in [5.74, 6) is 0.945. The predicted molar refractivity (Wildman–Crippen MR) is 198 cm³/mol. The van der Waals surface area contributed by atoms with Gasteiger partial charge in [-0.05, 0) is 97.8 Å². The molecule has 1 aromatic heterocycles. The van der Waals surface area contributed by atoms with Crippen molar-refractivity contribution in [3.8, 4) is 50.5 Å². The highest BCUT2D eigenvalue weighted by Crippen LogP contribution is 2.37. The first-order valence-electron chi connectivity index (χ1n) is 16.4. The van der Waals surface area contributed by atoms with E-state index in [0.717, 1.165) is 41.0 Å². The fourth-order valence-corrected chi connectivity index (χ4v) is 7.29. The molecule has 0 saturated carbocycles. The molecule has 0 unspecified atom stereocenters. The minimum Gasteiger partial charge on any atom is -0.292 e. The van der Waals surface area contributed by atoms with Gasteiger partial charge >= 0.3 is 0 Å². The lowest BCUT2D eigenvalue weighted by molar-refractivity contribution is 1.10. The minimum atomic E-state index is 0.945. The number of fused-ring (bicyclic) bond motifs is 3. The van der Waals surface area contributed by atoms with Crippen molar-refractivity contribution in [3.05, 3.63) is 168 Å². The second-order valence-electron chi connectivity index (χ2n) is 12.2. The first-order valence-corrected chi connectivity index (χ1v) is 16.4. The van der Waals surface area contributed by atoms with E-state index in [2.05, 4.69) is 174 Å². The van der Waals surface area contributed by atoms with E-state index >= 15 is 0 Å². The fourth-order valence-electron chi connectivity index (χ4n) is 7.29. The third-order valence-electron chi connectivity index (χ3n) is 9.43. The number of hydrogen-bond donors (Lipinski definition) is 0. The van der Waals surface area contributed by atoms with Gasteiger partial charge in [0.15, 0.2) is 0 Å². The van der Waals surface area contributed by atoms with E-state index < -0.39 is 0 Å². The van der Waals surface area contributed by atoms with Crippen molar-refractivity contribution in [3.63, 3.8) is 0 Å². The Kier molecular flexibility index (Phi) is 6.64. The maximum Gasteiger partial charge on any atom is 0.145 e. The number of aromatic nitrogens is 2. The maximum absolute atomic E-state index is 5.22. The van der Waals surface area contributed by atoms with Gasteiger partial charge in [-0.1, -0.05) is 140 Å². The molecular formula is C45H32N2. The molecule has 0 radical (unpaired) electrons. The minimum absolute atomic E-state index is 0.945. The van der Waals surface area contributed by atoms with Crippen molar-refractivity contribution >= 4 is 34.0 Å². The van der Waals surface area contributed by atoms with Crippen LogP contribution in [-0.2, 0) is 0 Å². The Balaban J connectivity index is 1.34. The van der Waals surface area contributed by atoms with E-state index in [9.17, 15) is 0 Å². The topological polar surface area (TPSA) is 17.8 Å². The lowest BCUT2D eigenvalue weighted by atomic mass is 9.85. The van der Waals surface area contributed by atoms with Crippen LogP contribution in [0.1, 0.15) is 12.8 Å². The monoisotopic (exact) mass is 600 g/mol. The van der Waals surface area contributed by atoms with Crippen LogP contribution in [0, 0.1) is 0 Å². The molecule has 0 atom stereocenters. The average Bonchev–Trinajstić information content (AvgIpc) is 3.54. The molecule has 1 heterocycles. The van der Waals surface area contributed by atoms with Crippen LogP contribution in [-0.4, -0.2) is 9.55 Å². The standard InChI is InChI=1S/C45H32N2/c1-4-14-31(15-5-1)32-24-26-34(27-25-32)43-37-20-10-11-21-38(37)44(33-16-6-2-7-17-33)40-30-35(28-29-39(40)43)45-46-41-22-12-13-23-42(41)47(45)36-18-8-3-9-19-36/h1-9,12-30H,10-11H2. The van der Waals surface area contributed by atoms with Crippen LogP contribution in [0.2, 0.25) is 0 Å². The molecule has 0 saturated heterocycles. The van der Waals surface area contributed by atoms with Gasteiger partial charge in [0.2, 0.25) is 0 Å². The molecule has 222 valence electrons. The maximum atomic E-state index is 5.22. The summed E-state index contributed by atoms with van der Waals surface area (Å²) in [7, 11) is 0. The molecule has 0 fully saturated rings. The van der Waals surface area contributed by atoms with E-state index in [1.807, 2.05) is 0 Å². The van der Waals surface area contributed by atoms with Gasteiger partial charge in [-0.2, -0.15) is 0 Å². The summed E-state index contributed by atoms with van der Waals surface area (Å²) < 4.78 is 2.29. The number of hydrogen-bond acceptors (Lipinski definition) is 1. The number of nitrogens with zero attached hydrogens (tertiary/aromatic N) is 2. The Bertz CT molecular complexity index is 2530. The molecule has 0 bridgehead atoms. The van der Waals surface area contributed by atoms with Gasteiger partial charge < -0.3 is 0 Å². The van der Waals surface area contributed by atoms with E-state index in [1.54, 1.807) is 0 Å². The molecule has 1 aliphatic carbocycles. The van der Waals surface area contributed by atoms with Crippen molar-refractivity contribution < 1.29 is 0 Å². The van der Waals surface area contributed by atoms with Crippen molar-refractivity contribution in [1.82, 2.24) is 9.55 Å². The zero-order chi connectivity index (χ0) is 31.2. The number of para-hydroxylation sites is 3. The van der Waals surface area contributed by atoms with Gasteiger partial charge in [0.1, 0.15) is 5.82 Å². The van der Waals surface area contributed by atoms with Crippen LogP contribution in [0.25, 0.3) is 84.4 Å². The molecule has 47 heavy (non-hydrogen) atoms. The molecule has 0 spiro atoms. The highest BCUT2D eigenvalue weighted by Gasteiger charge is 2.19. The third-order valence-corrected chi connectivity index (χ3v) is 9.43. The summed E-state index contributed by atoms with van der Waals surface area (Å²) in [6.45, 7) is 0. The Morgan fingerprint density at radius 3 is 1.64 bits per heavy atom. The van der Waals surface area contributed by atoms with E-state index in [0.29, 0.717) is 0 Å². The second kappa shape index (κ2) is 11.4. The lowest BCUT2D eigenvalue weighted by Gasteiger charge is -2.19. The molecule has 0 amide bonds. The van der Waals surface area contributed by atoms with Gasteiger partial charge in [0.25, 0.3) is 0 Å². The molecule has 0 aliphatic heterocycles. The second-order valence-corrected chi connectivity index (χ2v) is 12.2. The van der Waals surface area contributed by atoms with Gasteiger partial charge in [-0.3, -0.25) is 4.57 Å². The van der Waals surface area contributed by atoms with E-state index in [1.165, 1.54) is 54.6 Å². The van der Waals surface area contributed by atoms with Crippen molar-refractivity contribution in [2.45, 2.75) is 12.8 Å². The molecule has 1 aliphatic rings. The van der Waals surface area contributed by atoms with Gasteiger partial charge in [0, 0.05) is 11.3 Å². The Labute approximate surface area is 274 Å². The third kappa shape index (κ3) is 4.69. The molecule has 2 heteroatoms. The largest absolute Gasteiger partial charge is 0.292 e. The first kappa shape index (κ1) is 27.3. The van der Waals surface area contributed by atoms with Crippen LogP contribution in [0.4, 0.5) is 0 Å². The van der Waals surface area contributed by atoms with Gasteiger partial charge in [0.05, 0.1) is 11.0 Å². The highest BCUT2D eigenvalue weighted by molar-refractivity contribution is 6.07. The lowest BCUT2D eigenvalue weighted by Crippen LogP contribution is -2.31. The zero-order valence-corrected chi connectivity index (χ0v) is 26.0.